The highest BCUT2D eigenvalue weighted by atomic mass is 19.4. The molecule has 3 rings (SSSR count). The Balaban J connectivity index is 1.61. The molecule has 164 valence electrons. The first-order chi connectivity index (χ1) is 14.6. The van der Waals surface area contributed by atoms with Gasteiger partial charge in [0.05, 0.1) is 0 Å². The Morgan fingerprint density at radius 1 is 1.06 bits per heavy atom. The van der Waals surface area contributed by atoms with Crippen molar-refractivity contribution < 1.29 is 31.9 Å². The lowest BCUT2D eigenvalue weighted by atomic mass is 10.0. The number of hydrogen-bond acceptors (Lipinski definition) is 4. The summed E-state index contributed by atoms with van der Waals surface area (Å²) in [6.45, 7) is 6.29. The average molecular weight is 433 g/mol. The van der Waals surface area contributed by atoms with E-state index in [4.69, 9.17) is 9.15 Å². The van der Waals surface area contributed by atoms with Gasteiger partial charge in [-0.25, -0.2) is 0 Å². The van der Waals surface area contributed by atoms with Crippen LogP contribution in [0.4, 0.5) is 18.9 Å². The van der Waals surface area contributed by atoms with Crippen LogP contribution in [0.2, 0.25) is 0 Å². The van der Waals surface area contributed by atoms with Gasteiger partial charge in [0, 0.05) is 5.69 Å². The standard InChI is InChI=1S/C23H22F3NO4/c1-14(2)19-10-4-15(3)12-21(19)29-13-18-9-11-20(30-18)22(28)27-16-5-7-17(8-6-16)31-23(24,25)26/h4-12,14H,13H2,1-3H3,(H,27,28). The van der Waals surface area contributed by atoms with Crippen molar-refractivity contribution in [2.45, 2.75) is 39.7 Å². The van der Waals surface area contributed by atoms with E-state index in [1.165, 1.54) is 18.2 Å². The molecule has 1 amide bonds. The number of alkyl halides is 3. The van der Waals surface area contributed by atoms with Gasteiger partial charge in [-0.05, 0) is 66.4 Å². The summed E-state index contributed by atoms with van der Waals surface area (Å²) in [5.74, 6) is 0.673. The molecule has 0 unspecified atom stereocenters. The number of anilines is 1. The van der Waals surface area contributed by atoms with Crippen LogP contribution in [-0.2, 0) is 6.61 Å². The molecular formula is C23H22F3NO4. The summed E-state index contributed by atoms with van der Waals surface area (Å²) in [5, 5.41) is 2.56. The molecule has 0 aliphatic rings. The van der Waals surface area contributed by atoms with Crippen LogP contribution in [0.1, 0.15) is 47.2 Å². The van der Waals surface area contributed by atoms with Crippen molar-refractivity contribution in [2.75, 3.05) is 5.32 Å². The van der Waals surface area contributed by atoms with Crippen LogP contribution >= 0.6 is 0 Å². The fourth-order valence-corrected chi connectivity index (χ4v) is 2.90. The molecule has 0 fully saturated rings. The number of nitrogens with one attached hydrogen (secondary N) is 1. The normalized spacial score (nSPS) is 11.5. The number of carbonyl (C=O) groups is 1. The first kappa shape index (κ1) is 22.3. The third-order valence-corrected chi connectivity index (χ3v) is 4.39. The maximum atomic E-state index is 12.3. The highest BCUT2D eigenvalue weighted by Crippen LogP contribution is 2.28. The Morgan fingerprint density at radius 2 is 1.77 bits per heavy atom. The van der Waals surface area contributed by atoms with Crippen molar-refractivity contribution in [3.63, 3.8) is 0 Å². The van der Waals surface area contributed by atoms with Gasteiger partial charge >= 0.3 is 6.36 Å². The largest absolute Gasteiger partial charge is 0.573 e. The second kappa shape index (κ2) is 9.16. The van der Waals surface area contributed by atoms with Crippen LogP contribution in [0.25, 0.3) is 0 Å². The molecule has 8 heteroatoms. The fraction of sp³-hybridized carbons (Fsp3) is 0.261. The summed E-state index contributed by atoms with van der Waals surface area (Å²) in [4.78, 5) is 12.3. The minimum atomic E-state index is -4.77. The zero-order valence-corrected chi connectivity index (χ0v) is 17.2. The molecule has 0 bridgehead atoms. The summed E-state index contributed by atoms with van der Waals surface area (Å²) in [6, 6.07) is 14.0. The number of halogens is 3. The monoisotopic (exact) mass is 433 g/mol. The summed E-state index contributed by atoms with van der Waals surface area (Å²) >= 11 is 0. The minimum Gasteiger partial charge on any atom is -0.485 e. The van der Waals surface area contributed by atoms with Gasteiger partial charge in [0.25, 0.3) is 5.91 Å². The second-order valence-electron chi connectivity index (χ2n) is 7.28. The van der Waals surface area contributed by atoms with Crippen molar-refractivity contribution in [3.8, 4) is 11.5 Å². The van der Waals surface area contributed by atoms with Crippen LogP contribution in [0, 0.1) is 6.92 Å². The number of aryl methyl sites for hydroxylation is 1. The average Bonchev–Trinajstić information content (AvgIpc) is 3.16. The Bertz CT molecular complexity index is 1040. The van der Waals surface area contributed by atoms with Gasteiger partial charge in [-0.2, -0.15) is 0 Å². The summed E-state index contributed by atoms with van der Waals surface area (Å²) in [5.41, 5.74) is 2.45. The lowest BCUT2D eigenvalue weighted by molar-refractivity contribution is -0.274. The third kappa shape index (κ3) is 6.28. The number of rotatable bonds is 7. The van der Waals surface area contributed by atoms with Crippen molar-refractivity contribution in [1.29, 1.82) is 0 Å². The van der Waals surface area contributed by atoms with E-state index in [0.717, 1.165) is 29.0 Å². The van der Waals surface area contributed by atoms with Gasteiger partial charge in [0.15, 0.2) is 5.76 Å². The molecule has 0 spiro atoms. The Morgan fingerprint density at radius 3 is 2.42 bits per heavy atom. The maximum absolute atomic E-state index is 12.3. The van der Waals surface area contributed by atoms with Gasteiger partial charge in [0.2, 0.25) is 0 Å². The van der Waals surface area contributed by atoms with E-state index >= 15 is 0 Å². The predicted molar refractivity (Wildman–Crippen MR) is 109 cm³/mol. The number of benzene rings is 2. The van der Waals surface area contributed by atoms with Crippen molar-refractivity contribution >= 4 is 11.6 Å². The fourth-order valence-electron chi connectivity index (χ4n) is 2.90. The topological polar surface area (TPSA) is 60.7 Å². The van der Waals surface area contributed by atoms with E-state index in [2.05, 4.69) is 23.9 Å². The number of hydrogen-bond donors (Lipinski definition) is 1. The van der Waals surface area contributed by atoms with Gasteiger partial charge in [-0.15, -0.1) is 13.2 Å². The molecule has 0 radical (unpaired) electrons. The van der Waals surface area contributed by atoms with E-state index in [-0.39, 0.29) is 18.1 Å². The lowest BCUT2D eigenvalue weighted by Gasteiger charge is -2.14. The third-order valence-electron chi connectivity index (χ3n) is 4.39. The molecule has 1 aromatic heterocycles. The molecule has 1 N–H and O–H groups in total. The highest BCUT2D eigenvalue weighted by Gasteiger charge is 2.31. The van der Waals surface area contributed by atoms with E-state index in [0.29, 0.717) is 17.4 Å². The minimum absolute atomic E-state index is 0.0579. The summed E-state index contributed by atoms with van der Waals surface area (Å²) in [7, 11) is 0. The zero-order chi connectivity index (χ0) is 22.6. The van der Waals surface area contributed by atoms with Crippen LogP contribution in [-0.4, -0.2) is 12.3 Å². The van der Waals surface area contributed by atoms with E-state index in [9.17, 15) is 18.0 Å². The van der Waals surface area contributed by atoms with Gasteiger partial charge < -0.3 is 19.2 Å². The number of furan rings is 1. The first-order valence-corrected chi connectivity index (χ1v) is 9.60. The SMILES string of the molecule is Cc1ccc(C(C)C)c(OCc2ccc(C(=O)Nc3ccc(OC(F)(F)F)cc3)o2)c1. The van der Waals surface area contributed by atoms with Crippen LogP contribution in [0.15, 0.2) is 59.0 Å². The Kier molecular flexibility index (Phi) is 6.58. The summed E-state index contributed by atoms with van der Waals surface area (Å²) < 4.78 is 51.9. The lowest BCUT2D eigenvalue weighted by Crippen LogP contribution is -2.17. The molecule has 3 aromatic rings. The van der Waals surface area contributed by atoms with E-state index in [1.54, 1.807) is 6.07 Å². The van der Waals surface area contributed by atoms with Crippen LogP contribution in [0.3, 0.4) is 0 Å². The molecular weight excluding hydrogens is 411 g/mol. The molecule has 0 aliphatic heterocycles. The molecule has 0 saturated carbocycles. The molecule has 1 heterocycles. The van der Waals surface area contributed by atoms with E-state index in [1.807, 2.05) is 25.1 Å². The van der Waals surface area contributed by atoms with Crippen molar-refractivity contribution in [2.24, 2.45) is 0 Å². The number of ether oxygens (including phenoxy) is 2. The predicted octanol–water partition coefficient (Wildman–Crippen LogP) is 6.44. The van der Waals surface area contributed by atoms with Gasteiger partial charge in [0.1, 0.15) is 23.9 Å². The van der Waals surface area contributed by atoms with Gasteiger partial charge in [-0.3, -0.25) is 4.79 Å². The Labute approximate surface area is 177 Å². The summed E-state index contributed by atoms with van der Waals surface area (Å²) in [6.07, 6.45) is -4.77. The van der Waals surface area contributed by atoms with Crippen molar-refractivity contribution in [1.82, 2.24) is 0 Å². The van der Waals surface area contributed by atoms with Gasteiger partial charge in [-0.1, -0.05) is 26.0 Å². The smallest absolute Gasteiger partial charge is 0.485 e. The quantitative estimate of drug-likeness (QED) is 0.466. The van der Waals surface area contributed by atoms with Crippen LogP contribution < -0.4 is 14.8 Å². The van der Waals surface area contributed by atoms with Crippen molar-refractivity contribution in [3.05, 3.63) is 77.2 Å². The molecule has 5 nitrogen and oxygen atoms in total. The first-order valence-electron chi connectivity index (χ1n) is 9.60. The zero-order valence-electron chi connectivity index (χ0n) is 17.2. The maximum Gasteiger partial charge on any atom is 0.573 e. The molecule has 2 aromatic carbocycles. The Hall–Kier alpha value is -3.42. The second-order valence-corrected chi connectivity index (χ2v) is 7.28. The molecule has 0 atom stereocenters. The highest BCUT2D eigenvalue weighted by molar-refractivity contribution is 6.02. The van der Waals surface area contributed by atoms with Crippen LogP contribution in [0.5, 0.6) is 11.5 Å². The number of amides is 1. The number of carbonyl (C=O) groups excluding carboxylic acids is 1. The van der Waals surface area contributed by atoms with E-state index < -0.39 is 12.3 Å². The molecule has 0 saturated heterocycles. The molecule has 0 aliphatic carbocycles. The molecule has 31 heavy (non-hydrogen) atoms.